The van der Waals surface area contributed by atoms with E-state index in [2.05, 4.69) is 26.9 Å². The number of rotatable bonds is 11. The first-order valence-corrected chi connectivity index (χ1v) is 12.8. The number of hydrogen-bond acceptors (Lipinski definition) is 7. The molecule has 34 heavy (non-hydrogen) atoms. The first-order chi connectivity index (χ1) is 16.3. The predicted molar refractivity (Wildman–Crippen MR) is 131 cm³/mol. The third-order valence-corrected chi connectivity index (χ3v) is 7.34. The minimum atomic E-state index is -3.80. The first-order valence-electron chi connectivity index (χ1n) is 11.3. The molecule has 1 atom stereocenters. The van der Waals surface area contributed by atoms with E-state index in [4.69, 9.17) is 9.47 Å². The number of carbonyl (C=O) groups is 1. The third kappa shape index (κ3) is 7.17. The fraction of sp³-hybridized carbons (Fsp3) is 0.458. The second-order valence-electron chi connectivity index (χ2n) is 8.30. The van der Waals surface area contributed by atoms with E-state index in [1.165, 1.54) is 32.4 Å². The van der Waals surface area contributed by atoms with Gasteiger partial charge in [-0.3, -0.25) is 9.69 Å². The average Bonchev–Trinajstić information content (AvgIpc) is 2.85. The van der Waals surface area contributed by atoms with E-state index >= 15 is 0 Å². The van der Waals surface area contributed by atoms with Gasteiger partial charge in [0.2, 0.25) is 15.9 Å². The van der Waals surface area contributed by atoms with Gasteiger partial charge in [-0.2, -0.15) is 0 Å². The van der Waals surface area contributed by atoms with Crippen molar-refractivity contribution in [3.63, 3.8) is 0 Å². The molecule has 10 heteroatoms. The summed E-state index contributed by atoms with van der Waals surface area (Å²) in [5.74, 6) is 0.545. The largest absolute Gasteiger partial charge is 0.493 e. The summed E-state index contributed by atoms with van der Waals surface area (Å²) in [6, 6.07) is 14.0. The van der Waals surface area contributed by atoms with Crippen LogP contribution in [-0.4, -0.2) is 84.7 Å². The molecule has 0 spiro atoms. The van der Waals surface area contributed by atoms with Crippen molar-refractivity contribution in [3.8, 4) is 11.5 Å². The fourth-order valence-corrected chi connectivity index (χ4v) is 4.89. The summed E-state index contributed by atoms with van der Waals surface area (Å²) in [5.41, 5.74) is 1.03. The SMILES string of the molecule is COc1ccc(S(=O)(=O)NCCC(=O)NC(CN2CCN(C)CC2)c2ccccc2)cc1OC. The normalized spacial score (nSPS) is 16.1. The Hall–Kier alpha value is -2.66. The van der Waals surface area contributed by atoms with E-state index < -0.39 is 10.0 Å². The number of likely N-dealkylation sites (N-methyl/N-ethyl adjacent to an activating group) is 1. The lowest BCUT2D eigenvalue weighted by Gasteiger charge is -2.35. The van der Waals surface area contributed by atoms with Crippen LogP contribution in [0.5, 0.6) is 11.5 Å². The van der Waals surface area contributed by atoms with Crippen LogP contribution in [0.3, 0.4) is 0 Å². The van der Waals surface area contributed by atoms with Crippen LogP contribution in [0, 0.1) is 0 Å². The number of hydrogen-bond donors (Lipinski definition) is 2. The van der Waals surface area contributed by atoms with Crippen LogP contribution >= 0.6 is 0 Å². The van der Waals surface area contributed by atoms with Crippen molar-refractivity contribution in [1.29, 1.82) is 0 Å². The van der Waals surface area contributed by atoms with Crippen molar-refractivity contribution in [2.45, 2.75) is 17.4 Å². The zero-order valence-electron chi connectivity index (χ0n) is 20.0. The first kappa shape index (κ1) is 26.0. The smallest absolute Gasteiger partial charge is 0.240 e. The highest BCUT2D eigenvalue weighted by Crippen LogP contribution is 2.29. The number of carbonyl (C=O) groups excluding carboxylic acids is 1. The molecule has 0 bridgehead atoms. The fourth-order valence-electron chi connectivity index (χ4n) is 3.84. The highest BCUT2D eigenvalue weighted by atomic mass is 32.2. The maximum Gasteiger partial charge on any atom is 0.240 e. The van der Waals surface area contributed by atoms with Crippen LogP contribution < -0.4 is 19.5 Å². The molecular formula is C24H34N4O5S. The Kier molecular flexibility index (Phi) is 9.28. The second kappa shape index (κ2) is 12.2. The van der Waals surface area contributed by atoms with Gasteiger partial charge < -0.3 is 19.7 Å². The predicted octanol–water partition coefficient (Wildman–Crippen LogP) is 1.48. The number of ether oxygens (including phenoxy) is 2. The zero-order valence-corrected chi connectivity index (χ0v) is 20.8. The van der Waals surface area contributed by atoms with Crippen molar-refractivity contribution in [3.05, 3.63) is 54.1 Å². The topological polar surface area (TPSA) is 100 Å². The summed E-state index contributed by atoms with van der Waals surface area (Å²) in [4.78, 5) is 17.4. The monoisotopic (exact) mass is 490 g/mol. The van der Waals surface area contributed by atoms with Crippen LogP contribution in [0.4, 0.5) is 0 Å². The Labute approximate surface area is 202 Å². The molecule has 1 aliphatic heterocycles. The molecule has 3 rings (SSSR count). The molecule has 0 saturated carbocycles. The van der Waals surface area contributed by atoms with E-state index in [9.17, 15) is 13.2 Å². The Morgan fingerprint density at radius 2 is 1.68 bits per heavy atom. The van der Waals surface area contributed by atoms with Crippen LogP contribution in [0.15, 0.2) is 53.4 Å². The summed E-state index contributed by atoms with van der Waals surface area (Å²) in [7, 11) is 1.23. The Bertz CT molecular complexity index is 1040. The third-order valence-electron chi connectivity index (χ3n) is 5.88. The molecule has 2 aromatic rings. The summed E-state index contributed by atoms with van der Waals surface area (Å²) in [6.45, 7) is 4.57. The van der Waals surface area contributed by atoms with Gasteiger partial charge in [-0.1, -0.05) is 30.3 Å². The number of nitrogens with one attached hydrogen (secondary N) is 2. The highest BCUT2D eigenvalue weighted by molar-refractivity contribution is 7.89. The molecule has 2 aromatic carbocycles. The number of amides is 1. The summed E-state index contributed by atoms with van der Waals surface area (Å²) in [5, 5.41) is 3.09. The molecule has 1 saturated heterocycles. The van der Waals surface area contributed by atoms with Gasteiger partial charge in [0.1, 0.15) is 0 Å². The molecule has 1 amide bonds. The van der Waals surface area contributed by atoms with E-state index in [1.807, 2.05) is 30.3 Å². The lowest BCUT2D eigenvalue weighted by molar-refractivity contribution is -0.121. The van der Waals surface area contributed by atoms with Crippen molar-refractivity contribution < 1.29 is 22.7 Å². The van der Waals surface area contributed by atoms with Gasteiger partial charge in [-0.05, 0) is 24.7 Å². The van der Waals surface area contributed by atoms with Crippen LogP contribution in [0.1, 0.15) is 18.0 Å². The molecule has 1 unspecified atom stereocenters. The molecule has 0 radical (unpaired) electrons. The second-order valence-corrected chi connectivity index (χ2v) is 10.1. The number of methoxy groups -OCH3 is 2. The Morgan fingerprint density at radius 3 is 2.32 bits per heavy atom. The maximum atomic E-state index is 12.7. The lowest BCUT2D eigenvalue weighted by atomic mass is 10.1. The van der Waals surface area contributed by atoms with E-state index in [0.717, 1.165) is 31.7 Å². The summed E-state index contributed by atoms with van der Waals surface area (Å²) >= 11 is 0. The van der Waals surface area contributed by atoms with Crippen LogP contribution in [0.25, 0.3) is 0 Å². The molecule has 9 nitrogen and oxygen atoms in total. The van der Waals surface area contributed by atoms with Crippen LogP contribution in [0.2, 0.25) is 0 Å². The van der Waals surface area contributed by atoms with Gasteiger partial charge in [0.25, 0.3) is 0 Å². The molecule has 0 aliphatic carbocycles. The van der Waals surface area contributed by atoms with Gasteiger partial charge in [0.05, 0.1) is 25.2 Å². The maximum absolute atomic E-state index is 12.7. The summed E-state index contributed by atoms with van der Waals surface area (Å²) < 4.78 is 38.2. The van der Waals surface area contributed by atoms with E-state index in [-0.39, 0.29) is 29.8 Å². The minimum Gasteiger partial charge on any atom is -0.493 e. The van der Waals surface area contributed by atoms with Gasteiger partial charge >= 0.3 is 0 Å². The highest BCUT2D eigenvalue weighted by Gasteiger charge is 2.22. The van der Waals surface area contributed by atoms with Gasteiger partial charge in [0, 0.05) is 51.8 Å². The van der Waals surface area contributed by atoms with Crippen LogP contribution in [-0.2, 0) is 14.8 Å². The number of piperazine rings is 1. The molecule has 1 aliphatic rings. The van der Waals surface area contributed by atoms with E-state index in [1.54, 1.807) is 0 Å². The molecule has 2 N–H and O–H groups in total. The standard InChI is InChI=1S/C24H34N4O5S/c1-27-13-15-28(16-14-27)18-21(19-7-5-4-6-8-19)26-24(29)11-12-25-34(30,31)20-9-10-22(32-2)23(17-20)33-3/h4-10,17,21,25H,11-16,18H2,1-3H3,(H,26,29). The average molecular weight is 491 g/mol. The molecule has 0 aromatic heterocycles. The van der Waals surface area contributed by atoms with Crippen molar-refractivity contribution in [1.82, 2.24) is 19.8 Å². The lowest BCUT2D eigenvalue weighted by Crippen LogP contribution is -2.48. The Morgan fingerprint density at radius 1 is 1.00 bits per heavy atom. The van der Waals surface area contributed by atoms with E-state index in [0.29, 0.717) is 18.0 Å². The number of benzene rings is 2. The van der Waals surface area contributed by atoms with Crippen molar-refractivity contribution >= 4 is 15.9 Å². The van der Waals surface area contributed by atoms with Gasteiger partial charge in [-0.25, -0.2) is 13.1 Å². The molecule has 1 fully saturated rings. The number of nitrogens with zero attached hydrogens (tertiary/aromatic N) is 2. The molecule has 186 valence electrons. The van der Waals surface area contributed by atoms with Gasteiger partial charge in [0.15, 0.2) is 11.5 Å². The summed E-state index contributed by atoms with van der Waals surface area (Å²) in [6.07, 6.45) is 0.0264. The quantitative estimate of drug-likeness (QED) is 0.492. The zero-order chi connectivity index (χ0) is 24.6. The molecular weight excluding hydrogens is 456 g/mol. The van der Waals surface area contributed by atoms with Crippen molar-refractivity contribution in [2.24, 2.45) is 0 Å². The number of sulfonamides is 1. The minimum absolute atomic E-state index is 0.0153. The molecule has 1 heterocycles. The van der Waals surface area contributed by atoms with Crippen molar-refractivity contribution in [2.75, 3.05) is 60.5 Å². The Balaban J connectivity index is 1.58. The van der Waals surface area contributed by atoms with Gasteiger partial charge in [-0.15, -0.1) is 0 Å².